The van der Waals surface area contributed by atoms with Gasteiger partial charge in [0.25, 0.3) is 5.56 Å². The molecule has 1 aliphatic rings. The van der Waals surface area contributed by atoms with Gasteiger partial charge in [0.2, 0.25) is 0 Å². The molecule has 144 valence electrons. The SMILES string of the molecule is C=C=C[C@@]1(O)[C@H](O)[C@@](CF)(COP(=O)(O)O)O[C@H]1n1ccc(=O)[nH]c1=O. The molecule has 1 aliphatic heterocycles. The molecular formula is C13H16FN2O9P. The Morgan fingerprint density at radius 2 is 2.19 bits per heavy atom. The molecular weight excluding hydrogens is 378 g/mol. The van der Waals surface area contributed by atoms with E-state index in [4.69, 9.17) is 14.5 Å². The van der Waals surface area contributed by atoms with Gasteiger partial charge in [-0.1, -0.05) is 6.58 Å². The Morgan fingerprint density at radius 1 is 1.54 bits per heavy atom. The number of halogens is 1. The third kappa shape index (κ3) is 3.63. The first kappa shape index (κ1) is 20.4. The molecule has 13 heteroatoms. The lowest BCUT2D eigenvalue weighted by atomic mass is 9.87. The topological polar surface area (TPSA) is 171 Å². The molecule has 2 rings (SSSR count). The van der Waals surface area contributed by atoms with Gasteiger partial charge in [-0.05, 0) is 6.08 Å². The standard InChI is InChI=1S/C13H16FN2O9P/c1-2-4-13(20)9(18)12(6-14,7-24-26(21,22)23)25-10(13)16-5-3-8(17)15-11(16)19/h3-5,9-10,18,20H,1,6-7H2,(H,15,17,19)(H2,21,22,23)/t9-,10-,12-,13-/m1/s1. The van der Waals surface area contributed by atoms with E-state index in [9.17, 15) is 28.8 Å². The van der Waals surface area contributed by atoms with Crippen molar-refractivity contribution in [3.05, 3.63) is 51.5 Å². The molecule has 0 spiro atoms. The van der Waals surface area contributed by atoms with Gasteiger partial charge < -0.3 is 24.7 Å². The van der Waals surface area contributed by atoms with Crippen LogP contribution >= 0.6 is 7.82 Å². The van der Waals surface area contributed by atoms with E-state index in [1.165, 1.54) is 0 Å². The Bertz CT molecular complexity index is 888. The van der Waals surface area contributed by atoms with Crippen LogP contribution in [0.15, 0.2) is 40.2 Å². The Kier molecular flexibility index (Phi) is 5.52. The van der Waals surface area contributed by atoms with Gasteiger partial charge in [0, 0.05) is 12.3 Å². The van der Waals surface area contributed by atoms with Crippen LogP contribution in [-0.4, -0.2) is 60.1 Å². The molecule has 11 nitrogen and oxygen atoms in total. The summed E-state index contributed by atoms with van der Waals surface area (Å²) >= 11 is 0. The lowest BCUT2D eigenvalue weighted by molar-refractivity contribution is -0.137. The zero-order valence-corrected chi connectivity index (χ0v) is 14.0. The number of aliphatic hydroxyl groups excluding tert-OH is 1. The second-order valence-electron chi connectivity index (χ2n) is 5.59. The van der Waals surface area contributed by atoms with Crippen molar-refractivity contribution in [3.63, 3.8) is 0 Å². The average Bonchev–Trinajstić information content (AvgIpc) is 2.75. The molecule has 0 unspecified atom stereocenters. The summed E-state index contributed by atoms with van der Waals surface area (Å²) < 4.78 is 34.8. The van der Waals surface area contributed by atoms with Crippen LogP contribution in [0.3, 0.4) is 0 Å². The van der Waals surface area contributed by atoms with Crippen LogP contribution in [0.4, 0.5) is 4.39 Å². The molecule has 0 saturated carbocycles. The normalized spacial score (nSPS) is 31.6. The molecule has 1 aromatic rings. The van der Waals surface area contributed by atoms with Gasteiger partial charge in [0.05, 0.1) is 6.61 Å². The lowest BCUT2D eigenvalue weighted by Gasteiger charge is -2.30. The van der Waals surface area contributed by atoms with Crippen LogP contribution in [0.25, 0.3) is 0 Å². The number of hydrogen-bond acceptors (Lipinski definition) is 7. The predicted molar refractivity (Wildman–Crippen MR) is 82.8 cm³/mol. The summed E-state index contributed by atoms with van der Waals surface area (Å²) in [5.41, 5.74) is -4.53. The minimum atomic E-state index is -5.06. The quantitative estimate of drug-likeness (QED) is 0.279. The van der Waals surface area contributed by atoms with E-state index in [0.29, 0.717) is 4.57 Å². The number of aromatic amines is 1. The molecule has 26 heavy (non-hydrogen) atoms. The fourth-order valence-electron chi connectivity index (χ4n) is 2.59. The van der Waals surface area contributed by atoms with Crippen LogP contribution in [0.1, 0.15) is 6.23 Å². The first-order chi connectivity index (χ1) is 12.0. The molecule has 0 radical (unpaired) electrons. The molecule has 0 bridgehead atoms. The van der Waals surface area contributed by atoms with Crippen molar-refractivity contribution in [2.75, 3.05) is 13.3 Å². The zero-order chi connectivity index (χ0) is 19.8. The van der Waals surface area contributed by atoms with Gasteiger partial charge in [-0.3, -0.25) is 18.9 Å². The number of nitrogens with one attached hydrogen (secondary N) is 1. The molecule has 4 atom stereocenters. The number of aromatic nitrogens is 2. The first-order valence-corrected chi connectivity index (χ1v) is 8.55. The highest BCUT2D eigenvalue weighted by molar-refractivity contribution is 7.46. The van der Waals surface area contributed by atoms with Gasteiger partial charge in [0.1, 0.15) is 12.8 Å². The first-order valence-electron chi connectivity index (χ1n) is 7.02. The highest BCUT2D eigenvalue weighted by Gasteiger charge is 2.64. The third-order valence-corrected chi connectivity index (χ3v) is 4.28. The van der Waals surface area contributed by atoms with E-state index >= 15 is 0 Å². The molecule has 1 aromatic heterocycles. The van der Waals surface area contributed by atoms with E-state index in [2.05, 4.69) is 16.8 Å². The number of H-pyrrole nitrogens is 1. The van der Waals surface area contributed by atoms with Gasteiger partial charge in [-0.2, -0.15) is 0 Å². The molecule has 2 heterocycles. The van der Waals surface area contributed by atoms with Gasteiger partial charge in [-0.25, -0.2) is 13.8 Å². The molecule has 1 saturated heterocycles. The highest BCUT2D eigenvalue weighted by atomic mass is 31.2. The lowest BCUT2D eigenvalue weighted by Crippen LogP contribution is -2.53. The minimum Gasteiger partial charge on any atom is -0.386 e. The summed E-state index contributed by atoms with van der Waals surface area (Å²) in [6, 6.07) is 0.913. The van der Waals surface area contributed by atoms with Crippen molar-refractivity contribution in [2.24, 2.45) is 0 Å². The van der Waals surface area contributed by atoms with E-state index in [1.807, 2.05) is 4.98 Å². The summed E-state index contributed by atoms with van der Waals surface area (Å²) in [5.74, 6) is 0. The monoisotopic (exact) mass is 394 g/mol. The number of alkyl halides is 1. The summed E-state index contributed by atoms with van der Waals surface area (Å²) in [6.45, 7) is 0.552. The van der Waals surface area contributed by atoms with Crippen molar-refractivity contribution in [1.29, 1.82) is 0 Å². The second kappa shape index (κ2) is 7.03. The van der Waals surface area contributed by atoms with Crippen molar-refractivity contribution < 1.29 is 38.2 Å². The summed E-state index contributed by atoms with van der Waals surface area (Å²) in [7, 11) is -5.06. The number of phosphoric acid groups is 1. The second-order valence-corrected chi connectivity index (χ2v) is 6.83. The van der Waals surface area contributed by atoms with E-state index in [1.54, 1.807) is 0 Å². The van der Waals surface area contributed by atoms with Crippen LogP contribution in [0.2, 0.25) is 0 Å². The number of phosphoric ester groups is 1. The van der Waals surface area contributed by atoms with Gasteiger partial charge >= 0.3 is 13.5 Å². The Balaban J connectivity index is 2.57. The summed E-state index contributed by atoms with van der Waals surface area (Å²) in [5, 5.41) is 21.2. The fraction of sp³-hybridized carbons (Fsp3) is 0.462. The molecule has 0 aliphatic carbocycles. The maximum absolute atomic E-state index is 13.7. The number of rotatable bonds is 6. The molecule has 0 aromatic carbocycles. The highest BCUT2D eigenvalue weighted by Crippen LogP contribution is 2.47. The summed E-state index contributed by atoms with van der Waals surface area (Å²) in [4.78, 5) is 42.7. The molecule has 5 N–H and O–H groups in total. The van der Waals surface area contributed by atoms with Gasteiger partial charge in [-0.15, -0.1) is 5.73 Å². The van der Waals surface area contributed by atoms with Crippen LogP contribution in [-0.2, 0) is 13.8 Å². The Hall–Kier alpha value is -1.88. The van der Waals surface area contributed by atoms with Crippen molar-refractivity contribution >= 4 is 7.82 Å². The number of ether oxygens (including phenoxy) is 1. The Morgan fingerprint density at radius 3 is 2.69 bits per heavy atom. The third-order valence-electron chi connectivity index (χ3n) is 3.82. The fourth-order valence-corrected chi connectivity index (χ4v) is 2.98. The Labute approximate surface area is 144 Å². The molecule has 0 amide bonds. The summed E-state index contributed by atoms with van der Waals surface area (Å²) in [6.07, 6.45) is -2.19. The van der Waals surface area contributed by atoms with E-state index in [0.717, 1.165) is 18.3 Å². The van der Waals surface area contributed by atoms with E-state index in [-0.39, 0.29) is 0 Å². The predicted octanol–water partition coefficient (Wildman–Crippen LogP) is -1.68. The average molecular weight is 394 g/mol. The van der Waals surface area contributed by atoms with Crippen LogP contribution < -0.4 is 11.2 Å². The minimum absolute atomic E-state index is 0.660. The van der Waals surface area contributed by atoms with E-state index < -0.39 is 55.9 Å². The van der Waals surface area contributed by atoms with Crippen LogP contribution in [0, 0.1) is 0 Å². The number of nitrogens with zero attached hydrogens (tertiary/aromatic N) is 1. The molecule has 1 fully saturated rings. The van der Waals surface area contributed by atoms with Crippen molar-refractivity contribution in [2.45, 2.75) is 23.5 Å². The maximum atomic E-state index is 13.7. The van der Waals surface area contributed by atoms with Crippen molar-refractivity contribution in [1.82, 2.24) is 9.55 Å². The largest absolute Gasteiger partial charge is 0.469 e. The maximum Gasteiger partial charge on any atom is 0.469 e. The smallest absolute Gasteiger partial charge is 0.386 e. The van der Waals surface area contributed by atoms with Gasteiger partial charge in [0.15, 0.2) is 17.4 Å². The zero-order valence-electron chi connectivity index (χ0n) is 13.1. The number of hydrogen-bond donors (Lipinski definition) is 5. The van der Waals surface area contributed by atoms with Crippen molar-refractivity contribution in [3.8, 4) is 0 Å². The number of aliphatic hydroxyl groups is 2. The van der Waals surface area contributed by atoms with Crippen LogP contribution in [0.5, 0.6) is 0 Å².